The number of benzene rings is 1. The van der Waals surface area contributed by atoms with Crippen LogP contribution >= 0.6 is 0 Å². The van der Waals surface area contributed by atoms with Crippen molar-refractivity contribution in [2.24, 2.45) is 0 Å². The molecule has 0 aliphatic heterocycles. The molecule has 2 heteroatoms. The van der Waals surface area contributed by atoms with E-state index >= 15 is 0 Å². The van der Waals surface area contributed by atoms with E-state index in [1.54, 1.807) is 6.07 Å². The van der Waals surface area contributed by atoms with E-state index in [4.69, 9.17) is 4.74 Å². The fourth-order valence-electron chi connectivity index (χ4n) is 1.30. The van der Waals surface area contributed by atoms with E-state index in [0.29, 0.717) is 18.1 Å². The number of hydrogen-bond donors (Lipinski definition) is 0. The second kappa shape index (κ2) is 4.80. The van der Waals surface area contributed by atoms with E-state index in [2.05, 4.69) is 13.8 Å². The summed E-state index contributed by atoms with van der Waals surface area (Å²) in [5.41, 5.74) is 1.82. The Labute approximate surface area is 84.9 Å². The van der Waals surface area contributed by atoms with E-state index in [9.17, 15) is 4.79 Å². The van der Waals surface area contributed by atoms with Gasteiger partial charge in [-0.15, -0.1) is 0 Å². The first-order chi connectivity index (χ1) is 6.67. The van der Waals surface area contributed by atoms with Crippen LogP contribution < -0.4 is 4.74 Å². The summed E-state index contributed by atoms with van der Waals surface area (Å²) in [6, 6.07) is 5.66. The van der Waals surface area contributed by atoms with Crippen molar-refractivity contribution in [3.8, 4) is 5.75 Å². The van der Waals surface area contributed by atoms with Gasteiger partial charge in [0.2, 0.25) is 0 Å². The van der Waals surface area contributed by atoms with E-state index in [1.807, 2.05) is 19.1 Å². The number of ether oxygens (including phenoxy) is 1. The smallest absolute Gasteiger partial charge is 0.150 e. The summed E-state index contributed by atoms with van der Waals surface area (Å²) in [5.74, 6) is 1.19. The first kappa shape index (κ1) is 10.8. The lowest BCUT2D eigenvalue weighted by atomic mass is 10.0. The monoisotopic (exact) mass is 192 g/mol. The molecule has 0 spiro atoms. The second-order valence-electron chi connectivity index (χ2n) is 3.54. The average molecular weight is 192 g/mol. The van der Waals surface area contributed by atoms with Crippen LogP contribution in [0.1, 0.15) is 42.6 Å². The molecule has 14 heavy (non-hydrogen) atoms. The molecule has 0 saturated heterocycles. The van der Waals surface area contributed by atoms with Crippen molar-refractivity contribution in [3.63, 3.8) is 0 Å². The van der Waals surface area contributed by atoms with Crippen LogP contribution in [0.25, 0.3) is 0 Å². The largest absolute Gasteiger partial charge is 0.494 e. The van der Waals surface area contributed by atoms with Gasteiger partial charge in [0, 0.05) is 5.56 Å². The maximum atomic E-state index is 10.7. The summed E-state index contributed by atoms with van der Waals surface area (Å²) in [7, 11) is 0. The molecule has 0 aliphatic carbocycles. The van der Waals surface area contributed by atoms with Crippen LogP contribution in [0, 0.1) is 0 Å². The Kier molecular flexibility index (Phi) is 3.69. The van der Waals surface area contributed by atoms with Crippen molar-refractivity contribution in [1.82, 2.24) is 0 Å². The third kappa shape index (κ3) is 2.59. The Morgan fingerprint density at radius 1 is 1.36 bits per heavy atom. The van der Waals surface area contributed by atoms with Crippen molar-refractivity contribution in [1.29, 1.82) is 0 Å². The molecule has 0 N–H and O–H groups in total. The van der Waals surface area contributed by atoms with Crippen molar-refractivity contribution >= 4 is 6.29 Å². The van der Waals surface area contributed by atoms with Gasteiger partial charge in [0.1, 0.15) is 12.0 Å². The minimum Gasteiger partial charge on any atom is -0.494 e. The van der Waals surface area contributed by atoms with Gasteiger partial charge in [-0.25, -0.2) is 0 Å². The second-order valence-corrected chi connectivity index (χ2v) is 3.54. The number of carbonyl (C=O) groups excluding carboxylic acids is 1. The van der Waals surface area contributed by atoms with Crippen molar-refractivity contribution < 1.29 is 9.53 Å². The molecule has 0 heterocycles. The van der Waals surface area contributed by atoms with Gasteiger partial charge in [0.25, 0.3) is 0 Å². The van der Waals surface area contributed by atoms with Crippen molar-refractivity contribution in [2.45, 2.75) is 26.7 Å². The highest BCUT2D eigenvalue weighted by atomic mass is 16.5. The van der Waals surface area contributed by atoms with Gasteiger partial charge < -0.3 is 4.74 Å². The lowest BCUT2D eigenvalue weighted by Crippen LogP contribution is -1.96. The molecule has 0 fully saturated rings. The fraction of sp³-hybridized carbons (Fsp3) is 0.417. The Morgan fingerprint density at radius 3 is 2.57 bits per heavy atom. The van der Waals surface area contributed by atoms with Crippen LogP contribution in [0.4, 0.5) is 0 Å². The maximum Gasteiger partial charge on any atom is 0.150 e. The summed E-state index contributed by atoms with van der Waals surface area (Å²) < 4.78 is 5.38. The molecule has 0 aromatic heterocycles. The van der Waals surface area contributed by atoms with Gasteiger partial charge in [-0.3, -0.25) is 4.79 Å². The molecular formula is C12H16O2. The third-order valence-electron chi connectivity index (χ3n) is 2.06. The summed E-state index contributed by atoms with van der Waals surface area (Å²) in [5, 5.41) is 0. The maximum absolute atomic E-state index is 10.7. The number of aldehydes is 1. The van der Waals surface area contributed by atoms with E-state index in [1.165, 1.54) is 0 Å². The van der Waals surface area contributed by atoms with Crippen LogP contribution in [0.2, 0.25) is 0 Å². The lowest BCUT2D eigenvalue weighted by molar-refractivity contribution is 0.112. The van der Waals surface area contributed by atoms with E-state index in [-0.39, 0.29) is 0 Å². The zero-order valence-electron chi connectivity index (χ0n) is 8.91. The van der Waals surface area contributed by atoms with Crippen LogP contribution in [0.15, 0.2) is 18.2 Å². The Balaban J connectivity index is 3.06. The highest BCUT2D eigenvalue weighted by molar-refractivity contribution is 5.76. The normalized spacial score (nSPS) is 10.3. The van der Waals surface area contributed by atoms with Gasteiger partial charge >= 0.3 is 0 Å². The van der Waals surface area contributed by atoms with Crippen LogP contribution in [0.5, 0.6) is 5.75 Å². The average Bonchev–Trinajstić information content (AvgIpc) is 2.17. The van der Waals surface area contributed by atoms with Gasteiger partial charge in [-0.2, -0.15) is 0 Å². The predicted molar refractivity (Wildman–Crippen MR) is 57.1 cm³/mol. The minimum absolute atomic E-state index is 0.411. The summed E-state index contributed by atoms with van der Waals surface area (Å²) in [4.78, 5) is 10.7. The van der Waals surface area contributed by atoms with Gasteiger partial charge in [0.15, 0.2) is 0 Å². The molecule has 0 amide bonds. The minimum atomic E-state index is 0.411. The molecule has 76 valence electrons. The Hall–Kier alpha value is -1.31. The first-order valence-electron chi connectivity index (χ1n) is 4.90. The number of hydrogen-bond acceptors (Lipinski definition) is 2. The Morgan fingerprint density at radius 2 is 2.07 bits per heavy atom. The van der Waals surface area contributed by atoms with Crippen LogP contribution in [0.3, 0.4) is 0 Å². The summed E-state index contributed by atoms with van der Waals surface area (Å²) >= 11 is 0. The Bertz CT molecular complexity index is 316. The SMILES string of the molecule is CCOc1cc(C=O)cc(C(C)C)c1. The lowest BCUT2D eigenvalue weighted by Gasteiger charge is -2.09. The fourth-order valence-corrected chi connectivity index (χ4v) is 1.30. The highest BCUT2D eigenvalue weighted by Crippen LogP contribution is 2.22. The highest BCUT2D eigenvalue weighted by Gasteiger charge is 2.04. The van der Waals surface area contributed by atoms with Gasteiger partial charge in [-0.05, 0) is 36.6 Å². The quantitative estimate of drug-likeness (QED) is 0.685. The van der Waals surface area contributed by atoms with Crippen molar-refractivity contribution in [2.75, 3.05) is 6.61 Å². The summed E-state index contributed by atoms with van der Waals surface area (Å²) in [6.07, 6.45) is 0.856. The molecule has 1 rings (SSSR count). The van der Waals surface area contributed by atoms with E-state index in [0.717, 1.165) is 17.6 Å². The molecule has 1 aromatic carbocycles. The van der Waals surface area contributed by atoms with Crippen LogP contribution in [-0.2, 0) is 0 Å². The molecule has 0 saturated carbocycles. The zero-order chi connectivity index (χ0) is 10.6. The molecule has 1 aromatic rings. The molecule has 0 aliphatic rings. The topological polar surface area (TPSA) is 26.3 Å². The molecular weight excluding hydrogens is 176 g/mol. The summed E-state index contributed by atoms with van der Waals surface area (Å²) in [6.45, 7) is 6.75. The standard InChI is InChI=1S/C12H16O2/c1-4-14-12-6-10(8-13)5-11(7-12)9(2)3/h5-9H,4H2,1-3H3. The molecule has 0 radical (unpaired) electrons. The zero-order valence-corrected chi connectivity index (χ0v) is 8.91. The van der Waals surface area contributed by atoms with E-state index < -0.39 is 0 Å². The van der Waals surface area contributed by atoms with Crippen molar-refractivity contribution in [3.05, 3.63) is 29.3 Å². The number of rotatable bonds is 4. The molecule has 2 nitrogen and oxygen atoms in total. The molecule has 0 unspecified atom stereocenters. The third-order valence-corrected chi connectivity index (χ3v) is 2.06. The molecule has 0 bridgehead atoms. The first-order valence-corrected chi connectivity index (χ1v) is 4.90. The predicted octanol–water partition coefficient (Wildman–Crippen LogP) is 3.02. The molecule has 0 atom stereocenters. The van der Waals surface area contributed by atoms with Crippen LogP contribution in [-0.4, -0.2) is 12.9 Å². The number of carbonyl (C=O) groups is 1. The van der Waals surface area contributed by atoms with Gasteiger partial charge in [-0.1, -0.05) is 13.8 Å². The van der Waals surface area contributed by atoms with Gasteiger partial charge in [0.05, 0.1) is 6.61 Å².